The molecule has 1 unspecified atom stereocenters. The highest BCUT2D eigenvalue weighted by molar-refractivity contribution is 5.40. The Hall–Kier alpha value is -1.46. The van der Waals surface area contributed by atoms with Crippen molar-refractivity contribution < 1.29 is 9.47 Å². The van der Waals surface area contributed by atoms with Crippen LogP contribution in [0.3, 0.4) is 0 Å². The summed E-state index contributed by atoms with van der Waals surface area (Å²) in [5, 5.41) is 0. The lowest BCUT2D eigenvalue weighted by Crippen LogP contribution is -2.41. The summed E-state index contributed by atoms with van der Waals surface area (Å²) in [6, 6.07) is 2.04. The van der Waals surface area contributed by atoms with Crippen molar-refractivity contribution in [3.8, 4) is 0 Å². The molecule has 0 N–H and O–H groups in total. The summed E-state index contributed by atoms with van der Waals surface area (Å²) in [6.07, 6.45) is 12.0. The Balaban J connectivity index is 1.51. The molecule has 0 spiro atoms. The molecule has 1 aromatic rings. The molecule has 5 nitrogen and oxygen atoms in total. The van der Waals surface area contributed by atoms with Crippen molar-refractivity contribution >= 4 is 5.82 Å². The molecule has 5 heteroatoms. The average Bonchev–Trinajstić information content (AvgIpc) is 3.48. The van der Waals surface area contributed by atoms with Gasteiger partial charge in [-0.2, -0.15) is 0 Å². The van der Waals surface area contributed by atoms with Crippen LogP contribution in [0.5, 0.6) is 0 Å². The van der Waals surface area contributed by atoms with Crippen LogP contribution in [0, 0.1) is 0 Å². The highest BCUT2D eigenvalue weighted by Gasteiger charge is 2.28. The van der Waals surface area contributed by atoms with E-state index in [1.807, 2.05) is 12.3 Å². The summed E-state index contributed by atoms with van der Waals surface area (Å²) in [5.74, 6) is 2.62. The average molecular weight is 329 g/mol. The van der Waals surface area contributed by atoms with E-state index in [1.54, 1.807) is 0 Å². The predicted molar refractivity (Wildman–Crippen MR) is 93.3 cm³/mol. The first-order valence-electron chi connectivity index (χ1n) is 9.33. The summed E-state index contributed by atoms with van der Waals surface area (Å²) in [5.41, 5.74) is 1.53. The van der Waals surface area contributed by atoms with Gasteiger partial charge in [-0.1, -0.05) is 11.6 Å². The second-order valence-corrected chi connectivity index (χ2v) is 7.10. The Morgan fingerprint density at radius 2 is 2.17 bits per heavy atom. The molecule has 1 aromatic heterocycles. The monoisotopic (exact) mass is 329 g/mol. The lowest BCUT2D eigenvalue weighted by molar-refractivity contribution is -0.0839. The summed E-state index contributed by atoms with van der Waals surface area (Å²) < 4.78 is 11.5. The first-order chi connectivity index (χ1) is 11.9. The summed E-state index contributed by atoms with van der Waals surface area (Å²) in [4.78, 5) is 11.7. The van der Waals surface area contributed by atoms with Crippen molar-refractivity contribution in [2.75, 3.05) is 37.8 Å². The normalized spacial score (nSPS) is 24.5. The van der Waals surface area contributed by atoms with Crippen LogP contribution in [0.1, 0.15) is 50.3 Å². The van der Waals surface area contributed by atoms with E-state index in [-0.39, 0.29) is 6.10 Å². The molecule has 1 aliphatic heterocycles. The number of nitrogens with zero attached hydrogens (tertiary/aromatic N) is 3. The van der Waals surface area contributed by atoms with Crippen LogP contribution in [0.2, 0.25) is 0 Å². The standard InChI is InChI=1S/C19H27N3O2/c1-2-4-15(5-3-1)12-22(13-17-14-23-10-11-24-17)18-8-9-20-19(21-18)16-6-7-16/h4,8-9,16-17H,1-3,5-7,10-14H2. The highest BCUT2D eigenvalue weighted by atomic mass is 16.6. The minimum Gasteiger partial charge on any atom is -0.376 e. The van der Waals surface area contributed by atoms with Gasteiger partial charge in [0.15, 0.2) is 0 Å². The van der Waals surface area contributed by atoms with E-state index in [9.17, 15) is 0 Å². The molecule has 1 saturated carbocycles. The summed E-state index contributed by atoms with van der Waals surface area (Å²) >= 11 is 0. The topological polar surface area (TPSA) is 47.5 Å². The number of hydrogen-bond acceptors (Lipinski definition) is 5. The second-order valence-electron chi connectivity index (χ2n) is 7.10. The van der Waals surface area contributed by atoms with Gasteiger partial charge in [0.1, 0.15) is 11.6 Å². The Morgan fingerprint density at radius 1 is 1.21 bits per heavy atom. The minimum absolute atomic E-state index is 0.127. The van der Waals surface area contributed by atoms with E-state index in [4.69, 9.17) is 14.5 Å². The predicted octanol–water partition coefficient (Wildman–Crippen LogP) is 3.08. The number of anilines is 1. The number of ether oxygens (including phenoxy) is 2. The second kappa shape index (κ2) is 7.62. The van der Waals surface area contributed by atoms with E-state index in [1.165, 1.54) is 44.1 Å². The molecular formula is C19H27N3O2. The Kier molecular flexibility index (Phi) is 5.09. The molecule has 2 heterocycles. The fourth-order valence-corrected chi connectivity index (χ4v) is 3.50. The Labute approximate surface area is 144 Å². The van der Waals surface area contributed by atoms with Gasteiger partial charge >= 0.3 is 0 Å². The largest absolute Gasteiger partial charge is 0.376 e. The SMILES string of the molecule is C1=C(CN(CC2COCCO2)c2ccnc(C3CC3)n2)CCCC1. The Morgan fingerprint density at radius 3 is 2.92 bits per heavy atom. The number of hydrogen-bond donors (Lipinski definition) is 0. The minimum atomic E-state index is 0.127. The molecule has 0 amide bonds. The third-order valence-electron chi connectivity index (χ3n) is 5.01. The van der Waals surface area contributed by atoms with Gasteiger partial charge in [0.2, 0.25) is 0 Å². The van der Waals surface area contributed by atoms with Crippen LogP contribution in [0.25, 0.3) is 0 Å². The Bertz CT molecular complexity index is 580. The van der Waals surface area contributed by atoms with Crippen molar-refractivity contribution in [2.45, 2.75) is 50.5 Å². The maximum Gasteiger partial charge on any atom is 0.133 e. The van der Waals surface area contributed by atoms with Crippen LogP contribution in [0.15, 0.2) is 23.9 Å². The number of aromatic nitrogens is 2. The van der Waals surface area contributed by atoms with Crippen molar-refractivity contribution in [1.82, 2.24) is 9.97 Å². The van der Waals surface area contributed by atoms with Crippen molar-refractivity contribution in [2.24, 2.45) is 0 Å². The molecule has 130 valence electrons. The number of rotatable bonds is 6. The van der Waals surface area contributed by atoms with Crippen LogP contribution in [-0.2, 0) is 9.47 Å². The lowest BCUT2D eigenvalue weighted by Gasteiger charge is -2.32. The van der Waals surface area contributed by atoms with Crippen LogP contribution in [0.4, 0.5) is 5.82 Å². The van der Waals surface area contributed by atoms with Gasteiger partial charge in [0.25, 0.3) is 0 Å². The fraction of sp³-hybridized carbons (Fsp3) is 0.684. The zero-order valence-electron chi connectivity index (χ0n) is 14.3. The van der Waals surface area contributed by atoms with E-state index >= 15 is 0 Å². The van der Waals surface area contributed by atoms with Crippen LogP contribution >= 0.6 is 0 Å². The number of allylic oxidation sites excluding steroid dienone is 1. The maximum atomic E-state index is 5.88. The van der Waals surface area contributed by atoms with Gasteiger partial charge in [-0.15, -0.1) is 0 Å². The summed E-state index contributed by atoms with van der Waals surface area (Å²) in [7, 11) is 0. The molecule has 2 fully saturated rings. The first-order valence-corrected chi connectivity index (χ1v) is 9.33. The maximum absolute atomic E-state index is 5.88. The third-order valence-corrected chi connectivity index (χ3v) is 5.01. The van der Waals surface area contributed by atoms with Gasteiger partial charge in [-0.05, 0) is 44.6 Å². The van der Waals surface area contributed by atoms with Crippen molar-refractivity contribution in [3.63, 3.8) is 0 Å². The first kappa shape index (κ1) is 16.0. The van der Waals surface area contributed by atoms with Gasteiger partial charge < -0.3 is 14.4 Å². The molecule has 1 saturated heterocycles. The molecule has 2 aliphatic carbocycles. The smallest absolute Gasteiger partial charge is 0.133 e. The quantitative estimate of drug-likeness (QED) is 0.751. The summed E-state index contributed by atoms with van der Waals surface area (Å²) in [6.45, 7) is 3.86. The van der Waals surface area contributed by atoms with Gasteiger partial charge in [0, 0.05) is 25.2 Å². The third kappa shape index (κ3) is 4.14. The highest BCUT2D eigenvalue weighted by Crippen LogP contribution is 2.38. The van der Waals surface area contributed by atoms with Crippen molar-refractivity contribution in [3.05, 3.63) is 29.7 Å². The molecule has 3 aliphatic rings. The lowest BCUT2D eigenvalue weighted by atomic mass is 9.99. The zero-order valence-corrected chi connectivity index (χ0v) is 14.3. The van der Waals surface area contributed by atoms with E-state index in [0.717, 1.165) is 24.7 Å². The van der Waals surface area contributed by atoms with E-state index in [2.05, 4.69) is 16.0 Å². The van der Waals surface area contributed by atoms with E-state index in [0.29, 0.717) is 25.7 Å². The molecule has 0 radical (unpaired) electrons. The molecule has 1 atom stereocenters. The zero-order chi connectivity index (χ0) is 16.2. The van der Waals surface area contributed by atoms with Gasteiger partial charge in [-0.3, -0.25) is 0 Å². The van der Waals surface area contributed by atoms with E-state index < -0.39 is 0 Å². The van der Waals surface area contributed by atoms with Crippen LogP contribution in [-0.4, -0.2) is 49.0 Å². The molecule has 24 heavy (non-hydrogen) atoms. The van der Waals surface area contributed by atoms with Crippen molar-refractivity contribution in [1.29, 1.82) is 0 Å². The fourth-order valence-electron chi connectivity index (χ4n) is 3.50. The molecular weight excluding hydrogens is 302 g/mol. The molecule has 0 aromatic carbocycles. The van der Waals surface area contributed by atoms with Gasteiger partial charge in [-0.25, -0.2) is 9.97 Å². The molecule has 0 bridgehead atoms. The van der Waals surface area contributed by atoms with Gasteiger partial charge in [0.05, 0.1) is 25.9 Å². The molecule has 4 rings (SSSR count). The van der Waals surface area contributed by atoms with Crippen LogP contribution < -0.4 is 4.90 Å².